The topological polar surface area (TPSA) is 140 Å². The molecule has 3 aromatic heterocycles. The van der Waals surface area contributed by atoms with Crippen LogP contribution in [0.15, 0.2) is 41.1 Å². The fraction of sp³-hybridized carbons (Fsp3) is 0.605. The number of aliphatic hydroxyl groups excluding tert-OH is 1. The molecule has 3 saturated carbocycles. The summed E-state index contributed by atoms with van der Waals surface area (Å²) in [5.41, 5.74) is 3.25. The zero-order valence-electron chi connectivity index (χ0n) is 29.3. The van der Waals surface area contributed by atoms with E-state index in [4.69, 9.17) is 28.8 Å². The van der Waals surface area contributed by atoms with E-state index < -0.39 is 11.5 Å². The molecule has 0 atom stereocenters. The highest BCUT2D eigenvalue weighted by atomic mass is 16.6. The lowest BCUT2D eigenvalue weighted by atomic mass is 9.79. The highest BCUT2D eigenvalue weighted by Crippen LogP contribution is 2.41. The second-order valence-corrected chi connectivity index (χ2v) is 15.0. The Morgan fingerprint density at radius 3 is 2.41 bits per heavy atom. The Labute approximate surface area is 289 Å². The minimum Gasteiger partial charge on any atom is -0.495 e. The van der Waals surface area contributed by atoms with Crippen molar-refractivity contribution in [3.05, 3.63) is 54.0 Å². The van der Waals surface area contributed by atoms with Gasteiger partial charge in [-0.15, -0.1) is 0 Å². The largest absolute Gasteiger partial charge is 0.495 e. The first-order valence-electron chi connectivity index (χ1n) is 17.9. The van der Waals surface area contributed by atoms with Crippen LogP contribution in [0.4, 0.5) is 10.6 Å². The molecule has 0 spiro atoms. The second-order valence-electron chi connectivity index (χ2n) is 15.0. The van der Waals surface area contributed by atoms with Crippen LogP contribution in [0.3, 0.4) is 0 Å². The van der Waals surface area contributed by atoms with Gasteiger partial charge in [-0.3, -0.25) is 14.7 Å². The van der Waals surface area contributed by atoms with E-state index >= 15 is 0 Å². The maximum Gasteiger partial charge on any atom is 0.407 e. The lowest BCUT2D eigenvalue weighted by Gasteiger charge is -2.35. The Morgan fingerprint density at radius 2 is 1.73 bits per heavy atom. The SMILES string of the molecule is COc1ccc(C2CCC(CN(C(=O)C3CCC(OC(=O)NCC(C)(C)CO)CC3)c3cc(-c4coc(C5CC5)n4)ccn3)CC2)nc1C. The summed E-state index contributed by atoms with van der Waals surface area (Å²) in [6, 6.07) is 7.98. The van der Waals surface area contributed by atoms with E-state index in [-0.39, 0.29) is 24.5 Å². The van der Waals surface area contributed by atoms with E-state index in [0.29, 0.717) is 62.3 Å². The lowest BCUT2D eigenvalue weighted by Crippen LogP contribution is -2.43. The molecule has 2 amide bonds. The van der Waals surface area contributed by atoms with Gasteiger partial charge in [0.15, 0.2) is 5.89 Å². The summed E-state index contributed by atoms with van der Waals surface area (Å²) in [7, 11) is 1.67. The van der Waals surface area contributed by atoms with E-state index in [1.165, 1.54) is 0 Å². The molecule has 3 fully saturated rings. The number of oxazole rings is 1. The van der Waals surface area contributed by atoms with Crippen molar-refractivity contribution in [1.82, 2.24) is 20.3 Å². The number of nitrogens with zero attached hydrogens (tertiary/aromatic N) is 4. The molecule has 0 unspecified atom stereocenters. The Morgan fingerprint density at radius 1 is 1.00 bits per heavy atom. The third-order valence-electron chi connectivity index (χ3n) is 10.5. The van der Waals surface area contributed by atoms with Gasteiger partial charge in [0.2, 0.25) is 5.91 Å². The quantitative estimate of drug-likeness (QED) is 0.209. The molecule has 3 aliphatic carbocycles. The molecule has 3 aromatic rings. The van der Waals surface area contributed by atoms with Gasteiger partial charge in [-0.05, 0) is 101 Å². The van der Waals surface area contributed by atoms with Crippen LogP contribution in [0.2, 0.25) is 0 Å². The van der Waals surface area contributed by atoms with Crippen molar-refractivity contribution in [2.75, 3.05) is 31.7 Å². The molecule has 264 valence electrons. The number of methoxy groups -OCH3 is 1. The third kappa shape index (κ3) is 8.79. The maximum absolute atomic E-state index is 14.4. The summed E-state index contributed by atoms with van der Waals surface area (Å²) in [5.74, 6) is 3.26. The molecule has 49 heavy (non-hydrogen) atoms. The Balaban J connectivity index is 1.13. The molecule has 3 heterocycles. The fourth-order valence-electron chi connectivity index (χ4n) is 7.08. The predicted octanol–water partition coefficient (Wildman–Crippen LogP) is 6.94. The zero-order chi connectivity index (χ0) is 34.5. The Hall–Kier alpha value is -3.99. The molecule has 6 rings (SSSR count). The molecule has 0 aliphatic heterocycles. The van der Waals surface area contributed by atoms with Crippen LogP contribution >= 0.6 is 0 Å². The van der Waals surface area contributed by atoms with Gasteiger partial charge in [-0.2, -0.15) is 0 Å². The summed E-state index contributed by atoms with van der Waals surface area (Å²) in [5, 5.41) is 12.2. The van der Waals surface area contributed by atoms with Crippen molar-refractivity contribution >= 4 is 17.8 Å². The summed E-state index contributed by atoms with van der Waals surface area (Å²) in [6.07, 6.45) is 11.5. The van der Waals surface area contributed by atoms with E-state index in [2.05, 4.69) is 11.4 Å². The van der Waals surface area contributed by atoms with Crippen LogP contribution in [0, 0.1) is 24.2 Å². The smallest absolute Gasteiger partial charge is 0.407 e. The number of anilines is 1. The average molecular weight is 674 g/mol. The summed E-state index contributed by atoms with van der Waals surface area (Å²) < 4.78 is 16.9. The number of carbonyl (C=O) groups is 2. The van der Waals surface area contributed by atoms with E-state index in [9.17, 15) is 14.7 Å². The number of nitrogens with one attached hydrogen (secondary N) is 1. The number of rotatable bonds is 12. The number of aryl methyl sites for hydroxylation is 1. The van der Waals surface area contributed by atoms with Crippen molar-refractivity contribution in [3.63, 3.8) is 0 Å². The van der Waals surface area contributed by atoms with Crippen LogP contribution in [-0.4, -0.2) is 65.0 Å². The first kappa shape index (κ1) is 34.9. The summed E-state index contributed by atoms with van der Waals surface area (Å²) in [4.78, 5) is 43.0. The van der Waals surface area contributed by atoms with Crippen LogP contribution in [-0.2, 0) is 9.53 Å². The molecule has 2 N–H and O–H groups in total. The molecule has 0 saturated heterocycles. The Bertz CT molecular complexity index is 1590. The number of ether oxygens (including phenoxy) is 2. The maximum atomic E-state index is 14.4. The van der Waals surface area contributed by atoms with Gasteiger partial charge in [0.25, 0.3) is 0 Å². The van der Waals surface area contributed by atoms with Gasteiger partial charge in [-0.25, -0.2) is 14.8 Å². The highest BCUT2D eigenvalue weighted by molar-refractivity contribution is 5.94. The van der Waals surface area contributed by atoms with Crippen molar-refractivity contribution in [2.45, 2.75) is 103 Å². The molecule has 11 heteroatoms. The second kappa shape index (κ2) is 15.3. The zero-order valence-corrected chi connectivity index (χ0v) is 29.3. The Kier molecular flexibility index (Phi) is 10.9. The van der Waals surface area contributed by atoms with Crippen LogP contribution in [0.1, 0.15) is 107 Å². The first-order valence-corrected chi connectivity index (χ1v) is 17.9. The van der Waals surface area contributed by atoms with Gasteiger partial charge in [0.05, 0.1) is 12.8 Å². The number of hydrogen-bond acceptors (Lipinski definition) is 9. The van der Waals surface area contributed by atoms with E-state index in [0.717, 1.165) is 72.8 Å². The molecule has 0 radical (unpaired) electrons. The number of pyridine rings is 2. The first-order chi connectivity index (χ1) is 23.6. The minimum atomic E-state index is -0.479. The third-order valence-corrected chi connectivity index (χ3v) is 10.5. The van der Waals surface area contributed by atoms with E-state index in [1.54, 1.807) is 19.6 Å². The van der Waals surface area contributed by atoms with E-state index in [1.807, 2.05) is 43.9 Å². The molecular weight excluding hydrogens is 622 g/mol. The molecule has 3 aliphatic rings. The number of aliphatic hydroxyl groups is 1. The van der Waals surface area contributed by atoms with Crippen LogP contribution in [0.5, 0.6) is 5.75 Å². The predicted molar refractivity (Wildman–Crippen MR) is 185 cm³/mol. The molecule has 0 aromatic carbocycles. The average Bonchev–Trinajstić information content (AvgIpc) is 3.85. The van der Waals surface area contributed by atoms with Crippen LogP contribution in [0.25, 0.3) is 11.3 Å². The summed E-state index contributed by atoms with van der Waals surface area (Å²) in [6.45, 7) is 6.63. The number of alkyl carbamates (subject to hydrolysis) is 1. The standard InChI is InChI=1S/C38H51N5O6/c1-24-33(47-4)16-15-31(41-24)26-7-5-25(6-8-26)20-43(34-19-29(17-18-39-34)32-21-48-35(42-32)27-9-10-27)36(45)28-11-13-30(14-12-28)49-37(46)40-22-38(2,3)23-44/h15-19,21,25-28,30,44H,5-14,20,22-23H2,1-4H3,(H,40,46). The van der Waals surface area contributed by atoms with Crippen molar-refractivity contribution in [3.8, 4) is 17.0 Å². The number of amides is 2. The molecule has 0 bridgehead atoms. The van der Waals surface area contributed by atoms with Crippen LogP contribution < -0.4 is 15.0 Å². The van der Waals surface area contributed by atoms with Crippen molar-refractivity contribution in [2.24, 2.45) is 17.3 Å². The fourth-order valence-corrected chi connectivity index (χ4v) is 7.08. The van der Waals surface area contributed by atoms with Gasteiger partial charge in [0, 0.05) is 60.3 Å². The highest BCUT2D eigenvalue weighted by Gasteiger charge is 2.35. The number of aromatic nitrogens is 3. The van der Waals surface area contributed by atoms with Crippen molar-refractivity contribution < 1.29 is 28.6 Å². The van der Waals surface area contributed by atoms with Gasteiger partial charge in [-0.1, -0.05) is 13.8 Å². The van der Waals surface area contributed by atoms with Gasteiger partial charge in [0.1, 0.15) is 29.6 Å². The molecular formula is C38H51N5O6. The number of hydrogen-bond donors (Lipinski definition) is 2. The monoisotopic (exact) mass is 673 g/mol. The number of carbonyl (C=O) groups excluding carboxylic acids is 2. The van der Waals surface area contributed by atoms with Gasteiger partial charge < -0.3 is 24.3 Å². The van der Waals surface area contributed by atoms with Crippen molar-refractivity contribution in [1.29, 1.82) is 0 Å². The molecule has 11 nitrogen and oxygen atoms in total. The lowest BCUT2D eigenvalue weighted by molar-refractivity contribution is -0.124. The van der Waals surface area contributed by atoms with Gasteiger partial charge >= 0.3 is 6.09 Å². The minimum absolute atomic E-state index is 0.0319. The normalized spacial score (nSPS) is 22.7. The summed E-state index contributed by atoms with van der Waals surface area (Å²) >= 11 is 0.